The number of nitrogens with zero attached hydrogens (tertiary/aromatic N) is 1. The first-order valence-electron chi connectivity index (χ1n) is 5.79. The molecule has 2 rings (SSSR count). The largest absolute Gasteiger partial charge is 0.395 e. The van der Waals surface area contributed by atoms with Crippen molar-refractivity contribution in [3.05, 3.63) is 11.4 Å². The van der Waals surface area contributed by atoms with Gasteiger partial charge in [0.25, 0.3) is 5.91 Å². The number of hydrogen-bond donors (Lipinski definition) is 3. The number of ether oxygens (including phenoxy) is 1. The Bertz CT molecular complexity index is 421. The van der Waals surface area contributed by atoms with Crippen molar-refractivity contribution in [1.82, 2.24) is 15.5 Å². The number of aryl methyl sites for hydroxylation is 1. The molecule has 0 spiro atoms. The second kappa shape index (κ2) is 4.37. The summed E-state index contributed by atoms with van der Waals surface area (Å²) in [5, 5.41) is 9.66. The molecule has 4 N–H and O–H groups in total. The summed E-state index contributed by atoms with van der Waals surface area (Å²) in [5.74, 6) is -0.244. The number of aromatic nitrogens is 2. The molecule has 1 fully saturated rings. The normalized spacial score (nSPS) is 23.9. The second-order valence-electron chi connectivity index (χ2n) is 4.64. The third-order valence-electron chi connectivity index (χ3n) is 3.09. The fourth-order valence-electron chi connectivity index (χ4n) is 1.93. The molecule has 1 aliphatic rings. The summed E-state index contributed by atoms with van der Waals surface area (Å²) in [5.41, 5.74) is 7.04. The van der Waals surface area contributed by atoms with Gasteiger partial charge in [0.15, 0.2) is 5.69 Å². The Balaban J connectivity index is 2.11. The van der Waals surface area contributed by atoms with Crippen LogP contribution in [-0.4, -0.2) is 34.9 Å². The average Bonchev–Trinajstić information content (AvgIpc) is 2.85. The van der Waals surface area contributed by atoms with Gasteiger partial charge in [0.05, 0.1) is 23.5 Å². The van der Waals surface area contributed by atoms with Gasteiger partial charge in [-0.05, 0) is 19.8 Å². The standard InChI is InChI=1S/C11H18N4O2/c1-3-7-8(12)9(15-14-7)10(16)13-11(2)4-5-17-6-11/h3-6,12H2,1-2H3,(H,13,16)(H,14,15). The van der Waals surface area contributed by atoms with E-state index in [1.165, 1.54) is 0 Å². The quantitative estimate of drug-likeness (QED) is 0.713. The number of hydrogen-bond acceptors (Lipinski definition) is 4. The monoisotopic (exact) mass is 238 g/mol. The number of carbonyl (C=O) groups excluding carboxylic acids is 1. The van der Waals surface area contributed by atoms with Gasteiger partial charge in [-0.3, -0.25) is 9.89 Å². The predicted molar refractivity (Wildman–Crippen MR) is 63.7 cm³/mol. The molecule has 6 heteroatoms. The van der Waals surface area contributed by atoms with E-state index < -0.39 is 0 Å². The minimum absolute atomic E-state index is 0.244. The van der Waals surface area contributed by atoms with Crippen molar-refractivity contribution in [2.45, 2.75) is 32.2 Å². The maximum Gasteiger partial charge on any atom is 0.274 e. The maximum absolute atomic E-state index is 12.0. The van der Waals surface area contributed by atoms with Gasteiger partial charge in [0, 0.05) is 6.61 Å². The number of anilines is 1. The van der Waals surface area contributed by atoms with Gasteiger partial charge in [-0.2, -0.15) is 5.10 Å². The molecule has 0 bridgehead atoms. The Labute approximate surface area is 99.9 Å². The Morgan fingerprint density at radius 2 is 2.47 bits per heavy atom. The van der Waals surface area contributed by atoms with Crippen LogP contribution in [0.25, 0.3) is 0 Å². The summed E-state index contributed by atoms with van der Waals surface area (Å²) in [7, 11) is 0. The first kappa shape index (κ1) is 11.9. The Hall–Kier alpha value is -1.56. The molecule has 94 valence electrons. The summed E-state index contributed by atoms with van der Waals surface area (Å²) in [4.78, 5) is 12.0. The lowest BCUT2D eigenvalue weighted by Gasteiger charge is -2.22. The molecule has 1 saturated heterocycles. The number of amides is 1. The molecule has 1 amide bonds. The van der Waals surface area contributed by atoms with Crippen LogP contribution in [0, 0.1) is 0 Å². The minimum Gasteiger partial charge on any atom is -0.395 e. The van der Waals surface area contributed by atoms with Gasteiger partial charge in [0.1, 0.15) is 0 Å². The van der Waals surface area contributed by atoms with E-state index in [9.17, 15) is 4.79 Å². The van der Waals surface area contributed by atoms with Crippen molar-refractivity contribution < 1.29 is 9.53 Å². The number of carbonyl (C=O) groups is 1. The van der Waals surface area contributed by atoms with Crippen molar-refractivity contribution in [3.63, 3.8) is 0 Å². The molecule has 1 atom stereocenters. The highest BCUT2D eigenvalue weighted by atomic mass is 16.5. The van der Waals surface area contributed by atoms with Crippen molar-refractivity contribution in [3.8, 4) is 0 Å². The third kappa shape index (κ3) is 2.26. The first-order chi connectivity index (χ1) is 8.06. The van der Waals surface area contributed by atoms with Crippen LogP contribution in [0.4, 0.5) is 5.69 Å². The number of H-pyrrole nitrogens is 1. The summed E-state index contributed by atoms with van der Waals surface area (Å²) in [6.45, 7) is 5.12. The summed E-state index contributed by atoms with van der Waals surface area (Å²) < 4.78 is 5.28. The Morgan fingerprint density at radius 1 is 1.71 bits per heavy atom. The van der Waals surface area contributed by atoms with Gasteiger partial charge in [-0.1, -0.05) is 6.92 Å². The second-order valence-corrected chi connectivity index (χ2v) is 4.64. The van der Waals surface area contributed by atoms with Gasteiger partial charge in [-0.15, -0.1) is 0 Å². The lowest BCUT2D eigenvalue weighted by atomic mass is 10.0. The van der Waals surface area contributed by atoms with Crippen LogP contribution in [0.15, 0.2) is 0 Å². The van der Waals surface area contributed by atoms with Gasteiger partial charge >= 0.3 is 0 Å². The lowest BCUT2D eigenvalue weighted by molar-refractivity contribution is 0.0885. The molecule has 0 aromatic carbocycles. The third-order valence-corrected chi connectivity index (χ3v) is 3.09. The zero-order valence-electron chi connectivity index (χ0n) is 10.2. The minimum atomic E-state index is -0.311. The maximum atomic E-state index is 12.0. The first-order valence-corrected chi connectivity index (χ1v) is 5.79. The number of rotatable bonds is 3. The van der Waals surface area contributed by atoms with Crippen molar-refractivity contribution in [2.24, 2.45) is 0 Å². The van der Waals surface area contributed by atoms with Gasteiger partial charge < -0.3 is 15.8 Å². The van der Waals surface area contributed by atoms with E-state index in [1.807, 2.05) is 13.8 Å². The highest BCUT2D eigenvalue weighted by Crippen LogP contribution is 2.20. The number of nitrogens with one attached hydrogen (secondary N) is 2. The van der Waals surface area contributed by atoms with Gasteiger partial charge in [-0.25, -0.2) is 0 Å². The van der Waals surface area contributed by atoms with Crippen molar-refractivity contribution >= 4 is 11.6 Å². The van der Waals surface area contributed by atoms with Gasteiger partial charge in [0.2, 0.25) is 0 Å². The zero-order valence-corrected chi connectivity index (χ0v) is 10.2. The number of nitrogen functional groups attached to an aromatic ring is 1. The molecule has 2 heterocycles. The smallest absolute Gasteiger partial charge is 0.274 e. The SMILES string of the molecule is CCc1[nH]nc(C(=O)NC2(C)CCOC2)c1N. The molecule has 1 unspecified atom stereocenters. The molecule has 0 saturated carbocycles. The van der Waals surface area contributed by atoms with Crippen LogP contribution >= 0.6 is 0 Å². The molecule has 1 aliphatic heterocycles. The van der Waals surface area contributed by atoms with Crippen LogP contribution in [0.3, 0.4) is 0 Å². The van der Waals surface area contributed by atoms with E-state index in [2.05, 4.69) is 15.5 Å². The molecule has 0 aliphatic carbocycles. The molecule has 6 nitrogen and oxygen atoms in total. The predicted octanol–water partition coefficient (Wildman–Crippen LogP) is 0.463. The van der Waals surface area contributed by atoms with E-state index in [4.69, 9.17) is 10.5 Å². The summed E-state index contributed by atoms with van der Waals surface area (Å²) in [6, 6.07) is 0. The molecule has 17 heavy (non-hydrogen) atoms. The van der Waals surface area contributed by atoms with Crippen LogP contribution in [0.2, 0.25) is 0 Å². The lowest BCUT2D eigenvalue weighted by Crippen LogP contribution is -2.46. The van der Waals surface area contributed by atoms with E-state index in [-0.39, 0.29) is 17.1 Å². The average molecular weight is 238 g/mol. The Kier molecular flexibility index (Phi) is 3.06. The summed E-state index contributed by atoms with van der Waals surface area (Å²) in [6.07, 6.45) is 1.54. The van der Waals surface area contributed by atoms with Crippen molar-refractivity contribution in [1.29, 1.82) is 0 Å². The van der Waals surface area contributed by atoms with E-state index in [1.54, 1.807) is 0 Å². The van der Waals surface area contributed by atoms with Crippen LogP contribution < -0.4 is 11.1 Å². The Morgan fingerprint density at radius 3 is 3.00 bits per heavy atom. The van der Waals surface area contributed by atoms with Crippen molar-refractivity contribution in [2.75, 3.05) is 18.9 Å². The molecule has 0 radical (unpaired) electrons. The zero-order chi connectivity index (χ0) is 12.5. The van der Waals surface area contributed by atoms with E-state index in [0.717, 1.165) is 18.5 Å². The van der Waals surface area contributed by atoms with Crippen LogP contribution in [-0.2, 0) is 11.2 Å². The molecular weight excluding hydrogens is 220 g/mol. The van der Waals surface area contributed by atoms with E-state index >= 15 is 0 Å². The highest BCUT2D eigenvalue weighted by Gasteiger charge is 2.32. The molecule has 1 aromatic rings. The van der Waals surface area contributed by atoms with Crippen LogP contribution in [0.5, 0.6) is 0 Å². The van der Waals surface area contributed by atoms with E-state index in [0.29, 0.717) is 18.9 Å². The fourth-order valence-corrected chi connectivity index (χ4v) is 1.93. The molecule has 1 aromatic heterocycles. The summed E-state index contributed by atoms with van der Waals surface area (Å²) >= 11 is 0. The fraction of sp³-hybridized carbons (Fsp3) is 0.636. The highest BCUT2D eigenvalue weighted by molar-refractivity contribution is 5.98. The number of aromatic amines is 1. The number of nitrogens with two attached hydrogens (primary N) is 1. The molecular formula is C11H18N4O2. The van der Waals surface area contributed by atoms with Crippen LogP contribution in [0.1, 0.15) is 36.5 Å². The topological polar surface area (TPSA) is 93.0 Å².